The molecule has 0 spiro atoms. The van der Waals surface area contributed by atoms with E-state index < -0.39 is 31.5 Å². The van der Waals surface area contributed by atoms with Crippen LogP contribution in [-0.2, 0) is 10.0 Å². The van der Waals surface area contributed by atoms with E-state index in [9.17, 15) is 23.1 Å². The highest BCUT2D eigenvalue weighted by Gasteiger charge is 2.35. The smallest absolute Gasteiger partial charge is 0.253 e. The molecule has 1 aliphatic heterocycles. The van der Waals surface area contributed by atoms with E-state index in [1.165, 1.54) is 12.1 Å². The minimum atomic E-state index is -4.12. The Morgan fingerprint density at radius 2 is 1.68 bits per heavy atom. The van der Waals surface area contributed by atoms with Crippen molar-refractivity contribution < 1.29 is 13.5 Å². The maximum Gasteiger partial charge on any atom is 0.253 e. The Hall–Kier alpha value is -2.92. The number of para-hydroxylation sites is 1. The van der Waals surface area contributed by atoms with Gasteiger partial charge in [-0.3, -0.25) is 9.59 Å². The predicted molar refractivity (Wildman–Crippen MR) is 119 cm³/mol. The molecular weight excluding hydrogens is 444 g/mol. The first-order valence-corrected chi connectivity index (χ1v) is 11.2. The van der Waals surface area contributed by atoms with E-state index in [1.54, 1.807) is 30.3 Å². The molecule has 5 N–H and O–H groups in total. The van der Waals surface area contributed by atoms with Gasteiger partial charge >= 0.3 is 0 Å². The lowest BCUT2D eigenvalue weighted by Gasteiger charge is -2.20. The molecule has 11 heteroatoms. The zero-order valence-electron chi connectivity index (χ0n) is 16.1. The molecule has 0 radical (unpaired) electrons. The third-order valence-electron chi connectivity index (χ3n) is 5.08. The molecule has 9 nitrogen and oxygen atoms in total. The van der Waals surface area contributed by atoms with Crippen molar-refractivity contribution in [1.82, 2.24) is 4.31 Å². The topological polar surface area (TPSA) is 142 Å². The van der Waals surface area contributed by atoms with Gasteiger partial charge in [0.25, 0.3) is 10.9 Å². The summed E-state index contributed by atoms with van der Waals surface area (Å²) in [6.45, 7) is 0.319. The lowest BCUT2D eigenvalue weighted by molar-refractivity contribution is 0.444. The first-order chi connectivity index (χ1) is 14.7. The summed E-state index contributed by atoms with van der Waals surface area (Å²) >= 11 is 6.10. The zero-order chi connectivity index (χ0) is 22.3. The number of nitrogens with zero attached hydrogens (tertiary/aromatic N) is 1. The van der Waals surface area contributed by atoms with Crippen molar-refractivity contribution in [2.75, 3.05) is 23.7 Å². The SMILES string of the molecule is N[C@@H]1CCN(S(=O)(=O)c2c(Cl)ccc(Nc3c(Nc4ccccc4)c(=O)c3=O)c2O)C1. The number of phenols is 1. The van der Waals surface area contributed by atoms with Crippen LogP contribution in [0.15, 0.2) is 56.9 Å². The minimum Gasteiger partial charge on any atom is -0.504 e. The standard InChI is InChI=1S/C20H19ClN4O5S/c21-13-6-7-14(17(26)20(13)31(29,30)25-9-8-11(22)10-25)24-16-15(18(27)19(16)28)23-12-4-2-1-3-5-12/h1-7,11,23-24,26H,8-10,22H2/t11-/m1/s1. The number of hydrogen-bond acceptors (Lipinski definition) is 8. The number of rotatable bonds is 6. The van der Waals surface area contributed by atoms with E-state index in [0.717, 1.165) is 4.31 Å². The van der Waals surface area contributed by atoms with Crippen LogP contribution in [0.3, 0.4) is 0 Å². The second-order valence-electron chi connectivity index (χ2n) is 7.21. The Morgan fingerprint density at radius 3 is 2.29 bits per heavy atom. The van der Waals surface area contributed by atoms with E-state index in [0.29, 0.717) is 12.1 Å². The van der Waals surface area contributed by atoms with Gasteiger partial charge in [-0.15, -0.1) is 0 Å². The molecule has 0 saturated carbocycles. The maximum atomic E-state index is 13.0. The number of aromatic hydroxyl groups is 1. The molecule has 1 fully saturated rings. The summed E-state index contributed by atoms with van der Waals surface area (Å²) in [5, 5.41) is 16.1. The number of sulfonamides is 1. The normalized spacial score (nSPS) is 17.2. The van der Waals surface area contributed by atoms with Crippen LogP contribution in [0, 0.1) is 0 Å². The van der Waals surface area contributed by atoms with Gasteiger partial charge in [0.1, 0.15) is 16.3 Å². The van der Waals surface area contributed by atoms with Gasteiger partial charge in [0.15, 0.2) is 5.75 Å². The van der Waals surface area contributed by atoms with Crippen LogP contribution in [0.5, 0.6) is 5.75 Å². The summed E-state index contributed by atoms with van der Waals surface area (Å²) in [4.78, 5) is 23.7. The van der Waals surface area contributed by atoms with Crippen LogP contribution in [0.4, 0.5) is 22.7 Å². The van der Waals surface area contributed by atoms with Crippen molar-refractivity contribution >= 4 is 44.4 Å². The molecule has 0 aliphatic carbocycles. The Bertz CT molecular complexity index is 1320. The van der Waals surface area contributed by atoms with E-state index in [1.807, 2.05) is 0 Å². The first kappa shape index (κ1) is 21.3. The number of halogens is 1. The number of nitrogens with two attached hydrogens (primary N) is 1. The fraction of sp³-hybridized carbons (Fsp3) is 0.200. The lowest BCUT2D eigenvalue weighted by atomic mass is 10.1. The lowest BCUT2D eigenvalue weighted by Crippen LogP contribution is -2.36. The molecule has 3 aromatic rings. The van der Waals surface area contributed by atoms with Gasteiger partial charge in [0.05, 0.1) is 10.7 Å². The summed E-state index contributed by atoms with van der Waals surface area (Å²) in [5.41, 5.74) is 4.74. The number of phenolic OH excluding ortho intramolecular Hbond substituents is 1. The van der Waals surface area contributed by atoms with Crippen LogP contribution in [0.1, 0.15) is 6.42 Å². The van der Waals surface area contributed by atoms with E-state index in [2.05, 4.69) is 10.6 Å². The molecular formula is C20H19ClN4O5S. The predicted octanol–water partition coefficient (Wildman–Crippen LogP) is 1.85. The fourth-order valence-electron chi connectivity index (χ4n) is 3.42. The zero-order valence-corrected chi connectivity index (χ0v) is 17.7. The number of hydrogen-bond donors (Lipinski definition) is 4. The number of nitrogens with one attached hydrogen (secondary N) is 2. The molecule has 0 aromatic heterocycles. The van der Waals surface area contributed by atoms with E-state index in [4.69, 9.17) is 17.3 Å². The molecule has 3 aromatic carbocycles. The molecule has 1 atom stereocenters. The Labute approximate surface area is 182 Å². The van der Waals surface area contributed by atoms with Crippen LogP contribution in [-0.4, -0.2) is 37.0 Å². The summed E-state index contributed by atoms with van der Waals surface area (Å²) in [6.07, 6.45) is 0.494. The van der Waals surface area contributed by atoms with Crippen LogP contribution in [0.25, 0.3) is 0 Å². The third kappa shape index (κ3) is 3.79. The Kier molecular flexibility index (Phi) is 5.48. The van der Waals surface area contributed by atoms with E-state index >= 15 is 0 Å². The van der Waals surface area contributed by atoms with Crippen LogP contribution >= 0.6 is 11.6 Å². The molecule has 1 saturated heterocycles. The minimum absolute atomic E-state index is 0.0143. The third-order valence-corrected chi connectivity index (χ3v) is 7.45. The van der Waals surface area contributed by atoms with Gasteiger partial charge in [-0.25, -0.2) is 8.42 Å². The van der Waals surface area contributed by atoms with Crippen molar-refractivity contribution in [1.29, 1.82) is 0 Å². The molecule has 1 heterocycles. The van der Waals surface area contributed by atoms with Gasteiger partial charge in [-0.1, -0.05) is 29.8 Å². The average molecular weight is 463 g/mol. The molecule has 4 rings (SSSR count). The Balaban J connectivity index is 1.69. The van der Waals surface area contributed by atoms with Crippen molar-refractivity contribution in [3.8, 4) is 5.75 Å². The maximum absolute atomic E-state index is 13.0. The molecule has 0 unspecified atom stereocenters. The van der Waals surface area contributed by atoms with Gasteiger partial charge in [0, 0.05) is 24.8 Å². The molecule has 0 amide bonds. The highest BCUT2D eigenvalue weighted by Crippen LogP contribution is 2.40. The van der Waals surface area contributed by atoms with Gasteiger partial charge in [-0.2, -0.15) is 4.31 Å². The number of benzene rings is 2. The number of anilines is 4. The highest BCUT2D eigenvalue weighted by molar-refractivity contribution is 7.89. The highest BCUT2D eigenvalue weighted by atomic mass is 35.5. The first-order valence-electron chi connectivity index (χ1n) is 9.39. The monoisotopic (exact) mass is 462 g/mol. The van der Waals surface area contributed by atoms with Crippen LogP contribution < -0.4 is 27.2 Å². The quantitative estimate of drug-likeness (QED) is 0.321. The average Bonchev–Trinajstić information content (AvgIpc) is 3.19. The van der Waals surface area contributed by atoms with E-state index in [-0.39, 0.29) is 41.2 Å². The second-order valence-corrected chi connectivity index (χ2v) is 9.49. The summed E-state index contributed by atoms with van der Waals surface area (Å²) in [6, 6.07) is 11.1. The summed E-state index contributed by atoms with van der Waals surface area (Å²) in [7, 11) is -4.12. The summed E-state index contributed by atoms with van der Waals surface area (Å²) < 4.78 is 27.2. The molecule has 0 bridgehead atoms. The molecule has 162 valence electrons. The fourth-order valence-corrected chi connectivity index (χ4v) is 5.53. The Morgan fingerprint density at radius 1 is 1.03 bits per heavy atom. The largest absolute Gasteiger partial charge is 0.504 e. The van der Waals surface area contributed by atoms with Gasteiger partial charge in [0.2, 0.25) is 10.0 Å². The molecule has 31 heavy (non-hydrogen) atoms. The molecule has 1 aliphatic rings. The van der Waals surface area contributed by atoms with Gasteiger partial charge in [-0.05, 0) is 30.7 Å². The second kappa shape index (κ2) is 7.97. The van der Waals surface area contributed by atoms with Crippen molar-refractivity contribution in [3.05, 3.63) is 67.9 Å². The van der Waals surface area contributed by atoms with Crippen molar-refractivity contribution in [2.45, 2.75) is 17.4 Å². The van der Waals surface area contributed by atoms with Crippen molar-refractivity contribution in [2.24, 2.45) is 5.73 Å². The van der Waals surface area contributed by atoms with Crippen LogP contribution in [0.2, 0.25) is 5.02 Å². The van der Waals surface area contributed by atoms with Gasteiger partial charge < -0.3 is 21.5 Å². The summed E-state index contributed by atoms with van der Waals surface area (Å²) in [5.74, 6) is -0.647. The van der Waals surface area contributed by atoms with Crippen molar-refractivity contribution in [3.63, 3.8) is 0 Å².